The van der Waals surface area contributed by atoms with E-state index in [0.29, 0.717) is 29.8 Å². The first-order valence-corrected chi connectivity index (χ1v) is 10.1. The third-order valence-corrected chi connectivity index (χ3v) is 5.22. The molecular formula is C20H18FN7OS. The number of rotatable bonds is 8. The minimum atomic E-state index is -0.406. The van der Waals surface area contributed by atoms with Gasteiger partial charge in [-0.3, -0.25) is 4.79 Å². The van der Waals surface area contributed by atoms with Crippen molar-refractivity contribution in [1.82, 2.24) is 29.8 Å². The molecular weight excluding hydrogens is 405 g/mol. The maximum atomic E-state index is 13.3. The van der Waals surface area contributed by atoms with E-state index in [0.717, 1.165) is 11.0 Å². The SMILES string of the molecule is C=CCn1c(Cn2nnc3ccccc32)nnc1SCC(=O)Nc1cccc(F)c1. The Bertz CT molecular complexity index is 1200. The van der Waals surface area contributed by atoms with Crippen LogP contribution in [0.3, 0.4) is 0 Å². The molecule has 4 rings (SSSR count). The minimum absolute atomic E-state index is 0.109. The summed E-state index contributed by atoms with van der Waals surface area (Å²) in [6, 6.07) is 13.4. The van der Waals surface area contributed by atoms with Gasteiger partial charge in [-0.25, -0.2) is 9.07 Å². The summed E-state index contributed by atoms with van der Waals surface area (Å²) >= 11 is 1.25. The van der Waals surface area contributed by atoms with E-state index < -0.39 is 5.82 Å². The van der Waals surface area contributed by atoms with Crippen molar-refractivity contribution in [1.29, 1.82) is 0 Å². The highest BCUT2D eigenvalue weighted by atomic mass is 32.2. The van der Waals surface area contributed by atoms with Crippen LogP contribution in [0.4, 0.5) is 10.1 Å². The molecule has 0 saturated heterocycles. The van der Waals surface area contributed by atoms with Gasteiger partial charge in [-0.2, -0.15) is 0 Å². The molecule has 0 unspecified atom stereocenters. The number of allylic oxidation sites excluding steroid dienone is 1. The number of para-hydroxylation sites is 1. The van der Waals surface area contributed by atoms with Crippen molar-refractivity contribution in [3.63, 3.8) is 0 Å². The van der Waals surface area contributed by atoms with E-state index in [4.69, 9.17) is 0 Å². The number of benzene rings is 2. The molecule has 2 heterocycles. The second kappa shape index (κ2) is 8.87. The topological polar surface area (TPSA) is 90.5 Å². The summed E-state index contributed by atoms with van der Waals surface area (Å²) in [5, 5.41) is 20.1. The lowest BCUT2D eigenvalue weighted by atomic mass is 10.3. The predicted molar refractivity (Wildman–Crippen MR) is 113 cm³/mol. The number of hydrogen-bond donors (Lipinski definition) is 1. The van der Waals surface area contributed by atoms with Crippen molar-refractivity contribution in [2.45, 2.75) is 18.2 Å². The van der Waals surface area contributed by atoms with Crippen LogP contribution in [0.5, 0.6) is 0 Å². The van der Waals surface area contributed by atoms with Crippen LogP contribution in [-0.2, 0) is 17.9 Å². The monoisotopic (exact) mass is 423 g/mol. The molecule has 0 aliphatic heterocycles. The van der Waals surface area contributed by atoms with Crippen LogP contribution in [0.1, 0.15) is 5.82 Å². The fourth-order valence-electron chi connectivity index (χ4n) is 2.92. The second-order valence-electron chi connectivity index (χ2n) is 6.38. The number of nitrogens with one attached hydrogen (secondary N) is 1. The zero-order valence-corrected chi connectivity index (χ0v) is 16.7. The summed E-state index contributed by atoms with van der Waals surface area (Å²) in [4.78, 5) is 12.2. The average molecular weight is 423 g/mol. The largest absolute Gasteiger partial charge is 0.325 e. The van der Waals surface area contributed by atoms with Crippen molar-refractivity contribution in [3.05, 3.63) is 72.8 Å². The number of nitrogens with zero attached hydrogens (tertiary/aromatic N) is 6. The average Bonchev–Trinajstić information content (AvgIpc) is 3.32. The number of carbonyl (C=O) groups excluding carboxylic acids is 1. The van der Waals surface area contributed by atoms with Crippen LogP contribution < -0.4 is 5.32 Å². The lowest BCUT2D eigenvalue weighted by molar-refractivity contribution is -0.113. The lowest BCUT2D eigenvalue weighted by Gasteiger charge is -2.08. The van der Waals surface area contributed by atoms with Gasteiger partial charge in [0.15, 0.2) is 11.0 Å². The summed E-state index contributed by atoms with van der Waals surface area (Å²) in [5.41, 5.74) is 2.11. The van der Waals surface area contributed by atoms with Gasteiger partial charge in [0, 0.05) is 12.2 Å². The summed E-state index contributed by atoms with van der Waals surface area (Å²) in [6.45, 7) is 4.66. The molecule has 0 aliphatic rings. The maximum Gasteiger partial charge on any atom is 0.234 e. The molecule has 2 aromatic heterocycles. The summed E-state index contributed by atoms with van der Waals surface area (Å²) < 4.78 is 16.9. The van der Waals surface area contributed by atoms with E-state index in [1.807, 2.05) is 28.8 Å². The third kappa shape index (κ3) is 4.38. The molecule has 0 aliphatic carbocycles. The molecule has 152 valence electrons. The molecule has 1 N–H and O–H groups in total. The molecule has 30 heavy (non-hydrogen) atoms. The van der Waals surface area contributed by atoms with E-state index >= 15 is 0 Å². The van der Waals surface area contributed by atoms with E-state index in [1.54, 1.807) is 22.9 Å². The third-order valence-electron chi connectivity index (χ3n) is 4.26. The Kier molecular flexibility index (Phi) is 5.84. The van der Waals surface area contributed by atoms with Crippen LogP contribution in [0, 0.1) is 5.82 Å². The van der Waals surface area contributed by atoms with Crippen molar-refractivity contribution in [2.24, 2.45) is 0 Å². The van der Waals surface area contributed by atoms with Crippen LogP contribution in [0.25, 0.3) is 11.0 Å². The zero-order chi connectivity index (χ0) is 20.9. The molecule has 10 heteroatoms. The first-order valence-electron chi connectivity index (χ1n) is 9.13. The van der Waals surface area contributed by atoms with E-state index in [-0.39, 0.29) is 11.7 Å². The van der Waals surface area contributed by atoms with Gasteiger partial charge in [0.25, 0.3) is 0 Å². The molecule has 0 spiro atoms. The molecule has 0 fully saturated rings. The lowest BCUT2D eigenvalue weighted by Crippen LogP contribution is -2.15. The number of hydrogen-bond acceptors (Lipinski definition) is 6. The van der Waals surface area contributed by atoms with E-state index in [9.17, 15) is 9.18 Å². The normalized spacial score (nSPS) is 11.0. The highest BCUT2D eigenvalue weighted by molar-refractivity contribution is 7.99. The van der Waals surface area contributed by atoms with Gasteiger partial charge in [0.1, 0.15) is 17.9 Å². The van der Waals surface area contributed by atoms with Gasteiger partial charge >= 0.3 is 0 Å². The Balaban J connectivity index is 1.47. The number of aromatic nitrogens is 6. The van der Waals surface area contributed by atoms with Crippen molar-refractivity contribution < 1.29 is 9.18 Å². The maximum absolute atomic E-state index is 13.3. The van der Waals surface area contributed by atoms with Gasteiger partial charge in [-0.15, -0.1) is 21.9 Å². The molecule has 0 atom stereocenters. The molecule has 2 aromatic carbocycles. The van der Waals surface area contributed by atoms with Crippen molar-refractivity contribution in [3.8, 4) is 0 Å². The first-order chi connectivity index (χ1) is 14.6. The summed E-state index contributed by atoms with van der Waals surface area (Å²) in [6.07, 6.45) is 1.74. The summed E-state index contributed by atoms with van der Waals surface area (Å²) in [5.74, 6) is 0.121. The Morgan fingerprint density at radius 2 is 2.03 bits per heavy atom. The van der Waals surface area contributed by atoms with Gasteiger partial charge < -0.3 is 9.88 Å². The van der Waals surface area contributed by atoms with Crippen LogP contribution >= 0.6 is 11.8 Å². The Morgan fingerprint density at radius 1 is 1.17 bits per heavy atom. The number of fused-ring (bicyclic) bond motifs is 1. The van der Waals surface area contributed by atoms with E-state index in [2.05, 4.69) is 32.4 Å². The molecule has 0 bridgehead atoms. The highest BCUT2D eigenvalue weighted by Gasteiger charge is 2.15. The quantitative estimate of drug-likeness (QED) is 0.346. The minimum Gasteiger partial charge on any atom is -0.325 e. The fraction of sp³-hybridized carbons (Fsp3) is 0.150. The molecule has 0 saturated carbocycles. The van der Waals surface area contributed by atoms with Gasteiger partial charge in [-0.05, 0) is 30.3 Å². The Hall–Kier alpha value is -3.53. The van der Waals surface area contributed by atoms with Gasteiger partial charge in [0.2, 0.25) is 5.91 Å². The molecule has 1 amide bonds. The second-order valence-corrected chi connectivity index (χ2v) is 7.32. The Morgan fingerprint density at radius 3 is 2.87 bits per heavy atom. The number of halogens is 1. The van der Waals surface area contributed by atoms with Crippen LogP contribution in [0.2, 0.25) is 0 Å². The van der Waals surface area contributed by atoms with Crippen LogP contribution in [-0.4, -0.2) is 41.4 Å². The van der Waals surface area contributed by atoms with E-state index in [1.165, 1.54) is 23.9 Å². The zero-order valence-electron chi connectivity index (χ0n) is 15.9. The van der Waals surface area contributed by atoms with Gasteiger partial charge in [-0.1, -0.05) is 41.3 Å². The molecule has 8 nitrogen and oxygen atoms in total. The smallest absolute Gasteiger partial charge is 0.234 e. The number of thioether (sulfide) groups is 1. The first kappa shape index (κ1) is 19.8. The van der Waals surface area contributed by atoms with Gasteiger partial charge in [0.05, 0.1) is 11.3 Å². The van der Waals surface area contributed by atoms with Crippen molar-refractivity contribution >= 4 is 34.4 Å². The molecule has 0 radical (unpaired) electrons. The molecule has 4 aromatic rings. The number of carbonyl (C=O) groups is 1. The number of amides is 1. The number of anilines is 1. The fourth-order valence-corrected chi connectivity index (χ4v) is 3.68. The summed E-state index contributed by atoms with van der Waals surface area (Å²) in [7, 11) is 0. The highest BCUT2D eigenvalue weighted by Crippen LogP contribution is 2.19. The standard InChI is InChI=1S/C20H18FN7OS/c1-2-10-27-18(12-28-17-9-4-3-8-16(17)23-26-28)24-25-20(27)30-13-19(29)22-15-7-5-6-14(21)11-15/h2-9,11H,1,10,12-13H2,(H,22,29). The Labute approximate surface area is 175 Å². The predicted octanol–water partition coefficient (Wildman–Crippen LogP) is 3.13. The van der Waals surface area contributed by atoms with Crippen LogP contribution in [0.15, 0.2) is 66.3 Å². The van der Waals surface area contributed by atoms with Crippen molar-refractivity contribution in [2.75, 3.05) is 11.1 Å².